The molecule has 0 radical (unpaired) electrons. The maximum Gasteiger partial charge on any atom is 0.357 e. The van der Waals surface area contributed by atoms with Gasteiger partial charge in [0.15, 0.2) is 5.69 Å². The number of aromatic nitrogens is 4. The van der Waals surface area contributed by atoms with Crippen molar-refractivity contribution >= 4 is 17.7 Å². The van der Waals surface area contributed by atoms with Gasteiger partial charge in [0.1, 0.15) is 5.82 Å². The van der Waals surface area contributed by atoms with Crippen molar-refractivity contribution in [1.82, 2.24) is 19.6 Å². The average Bonchev–Trinajstić information content (AvgIpc) is 2.94. The number of nitrogens with one attached hydrogen (secondary N) is 1. The minimum absolute atomic E-state index is 0.0203. The molecule has 8 heteroatoms. The van der Waals surface area contributed by atoms with Crippen molar-refractivity contribution in [3.63, 3.8) is 0 Å². The summed E-state index contributed by atoms with van der Waals surface area (Å²) in [5, 5.41) is 19.8. The third-order valence-electron chi connectivity index (χ3n) is 2.86. The molecule has 0 aliphatic heterocycles. The molecule has 0 fully saturated rings. The van der Waals surface area contributed by atoms with Crippen LogP contribution in [0.4, 0.5) is 5.82 Å². The van der Waals surface area contributed by atoms with Gasteiger partial charge in [0, 0.05) is 25.9 Å². The first kappa shape index (κ1) is 14.8. The number of amides is 1. The number of nitrogens with zero attached hydrogens (tertiary/aromatic N) is 4. The Kier molecular flexibility index (Phi) is 4.06. The summed E-state index contributed by atoms with van der Waals surface area (Å²) >= 11 is 0. The zero-order valence-electron chi connectivity index (χ0n) is 12.1. The van der Waals surface area contributed by atoms with Gasteiger partial charge in [0.25, 0.3) is 5.91 Å². The minimum Gasteiger partial charge on any atom is -0.476 e. The van der Waals surface area contributed by atoms with Gasteiger partial charge in [-0.3, -0.25) is 9.48 Å². The molecule has 2 N–H and O–H groups in total. The van der Waals surface area contributed by atoms with Crippen LogP contribution in [0.5, 0.6) is 0 Å². The summed E-state index contributed by atoms with van der Waals surface area (Å²) in [5.41, 5.74) is 0.531. The average molecular weight is 291 g/mol. The lowest BCUT2D eigenvalue weighted by atomic mass is 10.2. The second-order valence-electron chi connectivity index (χ2n) is 4.72. The van der Waals surface area contributed by atoms with Crippen LogP contribution in [0, 0.1) is 6.92 Å². The first-order valence-corrected chi connectivity index (χ1v) is 6.55. The lowest BCUT2D eigenvalue weighted by molar-refractivity contribution is 0.0685. The van der Waals surface area contributed by atoms with E-state index in [0.29, 0.717) is 12.4 Å². The van der Waals surface area contributed by atoms with Crippen LogP contribution in [-0.2, 0) is 13.6 Å². The molecule has 0 atom stereocenters. The third kappa shape index (κ3) is 3.10. The summed E-state index contributed by atoms with van der Waals surface area (Å²) in [7, 11) is 1.56. The quantitative estimate of drug-likeness (QED) is 0.864. The van der Waals surface area contributed by atoms with E-state index in [2.05, 4.69) is 15.5 Å². The SMILES string of the molecule is CCCn1nc(C)cc1NC(=O)c1cn(C)nc1C(=O)O. The zero-order valence-corrected chi connectivity index (χ0v) is 12.1. The van der Waals surface area contributed by atoms with Crippen LogP contribution in [0.2, 0.25) is 0 Å². The molecule has 0 aromatic carbocycles. The maximum absolute atomic E-state index is 12.2. The monoisotopic (exact) mass is 291 g/mol. The van der Waals surface area contributed by atoms with Crippen LogP contribution < -0.4 is 5.32 Å². The lowest BCUT2D eigenvalue weighted by Gasteiger charge is -2.07. The second kappa shape index (κ2) is 5.78. The van der Waals surface area contributed by atoms with Gasteiger partial charge >= 0.3 is 5.97 Å². The Morgan fingerprint density at radius 3 is 2.71 bits per heavy atom. The van der Waals surface area contributed by atoms with E-state index in [-0.39, 0.29) is 11.3 Å². The second-order valence-corrected chi connectivity index (χ2v) is 4.72. The lowest BCUT2D eigenvalue weighted by Crippen LogP contribution is -2.18. The molecule has 0 saturated heterocycles. The first-order valence-electron chi connectivity index (χ1n) is 6.55. The number of rotatable bonds is 5. The number of hydrogen-bond acceptors (Lipinski definition) is 4. The summed E-state index contributed by atoms with van der Waals surface area (Å²) in [4.78, 5) is 23.3. The summed E-state index contributed by atoms with van der Waals surface area (Å²) < 4.78 is 2.98. The van der Waals surface area contributed by atoms with Crippen LogP contribution >= 0.6 is 0 Å². The number of hydrogen-bond donors (Lipinski definition) is 2. The zero-order chi connectivity index (χ0) is 15.6. The number of carboxylic acids is 1. The van der Waals surface area contributed by atoms with E-state index in [1.807, 2.05) is 13.8 Å². The fraction of sp³-hybridized carbons (Fsp3) is 0.385. The Morgan fingerprint density at radius 2 is 2.10 bits per heavy atom. The van der Waals surface area contributed by atoms with Crippen molar-refractivity contribution in [3.8, 4) is 0 Å². The summed E-state index contributed by atoms with van der Waals surface area (Å²) in [6, 6.07) is 1.74. The highest BCUT2D eigenvalue weighted by Crippen LogP contribution is 2.14. The summed E-state index contributed by atoms with van der Waals surface area (Å²) in [6.45, 7) is 4.50. The van der Waals surface area contributed by atoms with E-state index in [1.165, 1.54) is 10.9 Å². The molecule has 1 amide bonds. The molecule has 0 aliphatic carbocycles. The van der Waals surface area contributed by atoms with Crippen LogP contribution in [0.1, 0.15) is 39.9 Å². The molecule has 0 spiro atoms. The number of anilines is 1. The maximum atomic E-state index is 12.2. The molecule has 0 saturated carbocycles. The Balaban J connectivity index is 2.28. The van der Waals surface area contributed by atoms with Gasteiger partial charge in [-0.25, -0.2) is 9.48 Å². The van der Waals surface area contributed by atoms with Gasteiger partial charge in [0.2, 0.25) is 0 Å². The van der Waals surface area contributed by atoms with Gasteiger partial charge in [-0.05, 0) is 13.3 Å². The molecule has 21 heavy (non-hydrogen) atoms. The Hall–Kier alpha value is -2.64. The Bertz CT molecular complexity index is 686. The standard InChI is InChI=1S/C13H17N5O3/c1-4-5-18-10(6-8(2)15-18)14-12(19)9-7-17(3)16-11(9)13(20)21/h6-7H,4-5H2,1-3H3,(H,14,19)(H,20,21). The molecule has 2 aromatic rings. The molecular weight excluding hydrogens is 274 g/mol. The minimum atomic E-state index is -1.24. The number of carbonyl (C=O) groups excluding carboxylic acids is 1. The topological polar surface area (TPSA) is 102 Å². The molecule has 2 rings (SSSR count). The fourth-order valence-electron chi connectivity index (χ4n) is 2.02. The summed E-state index contributed by atoms with van der Waals surface area (Å²) in [5.74, 6) is -1.21. The highest BCUT2D eigenvalue weighted by molar-refractivity contribution is 6.09. The van der Waals surface area contributed by atoms with Crippen molar-refractivity contribution in [2.45, 2.75) is 26.8 Å². The molecular formula is C13H17N5O3. The summed E-state index contributed by atoms with van der Waals surface area (Å²) in [6.07, 6.45) is 2.25. The largest absolute Gasteiger partial charge is 0.476 e. The van der Waals surface area contributed by atoms with Gasteiger partial charge in [-0.1, -0.05) is 6.92 Å². The van der Waals surface area contributed by atoms with Crippen LogP contribution in [0.15, 0.2) is 12.3 Å². The molecule has 2 heterocycles. The van der Waals surface area contributed by atoms with E-state index < -0.39 is 11.9 Å². The number of carboxylic acid groups (broad SMARTS) is 1. The van der Waals surface area contributed by atoms with E-state index in [0.717, 1.165) is 12.1 Å². The van der Waals surface area contributed by atoms with Crippen molar-refractivity contribution in [2.75, 3.05) is 5.32 Å². The van der Waals surface area contributed by atoms with Gasteiger partial charge in [-0.2, -0.15) is 10.2 Å². The highest BCUT2D eigenvalue weighted by Gasteiger charge is 2.22. The van der Waals surface area contributed by atoms with Crippen molar-refractivity contribution in [2.24, 2.45) is 7.05 Å². The van der Waals surface area contributed by atoms with E-state index in [4.69, 9.17) is 5.11 Å². The smallest absolute Gasteiger partial charge is 0.357 e. The molecule has 2 aromatic heterocycles. The van der Waals surface area contributed by atoms with Crippen LogP contribution in [-0.4, -0.2) is 36.5 Å². The van der Waals surface area contributed by atoms with E-state index in [1.54, 1.807) is 17.8 Å². The van der Waals surface area contributed by atoms with E-state index in [9.17, 15) is 9.59 Å². The first-order chi connectivity index (χ1) is 9.92. The van der Waals surface area contributed by atoms with Crippen molar-refractivity contribution in [1.29, 1.82) is 0 Å². The van der Waals surface area contributed by atoms with Crippen LogP contribution in [0.3, 0.4) is 0 Å². The van der Waals surface area contributed by atoms with Crippen molar-refractivity contribution < 1.29 is 14.7 Å². The number of carbonyl (C=O) groups is 2. The Morgan fingerprint density at radius 1 is 1.38 bits per heavy atom. The van der Waals surface area contributed by atoms with Gasteiger partial charge < -0.3 is 10.4 Å². The highest BCUT2D eigenvalue weighted by atomic mass is 16.4. The predicted molar refractivity (Wildman–Crippen MR) is 75.4 cm³/mol. The van der Waals surface area contributed by atoms with E-state index >= 15 is 0 Å². The van der Waals surface area contributed by atoms with Gasteiger partial charge in [-0.15, -0.1) is 0 Å². The molecule has 0 aliphatic rings. The Labute approximate surface area is 121 Å². The molecule has 8 nitrogen and oxygen atoms in total. The van der Waals surface area contributed by atoms with Crippen LogP contribution in [0.25, 0.3) is 0 Å². The van der Waals surface area contributed by atoms with Crippen molar-refractivity contribution in [3.05, 3.63) is 29.2 Å². The molecule has 112 valence electrons. The third-order valence-corrected chi connectivity index (χ3v) is 2.86. The normalized spacial score (nSPS) is 10.6. The predicted octanol–water partition coefficient (Wildman–Crippen LogP) is 1.29. The fourth-order valence-corrected chi connectivity index (χ4v) is 2.02. The molecule has 0 bridgehead atoms. The number of aryl methyl sites for hydroxylation is 3. The molecule has 0 unspecified atom stereocenters. The number of aromatic carboxylic acids is 1. The van der Waals surface area contributed by atoms with Gasteiger partial charge in [0.05, 0.1) is 11.3 Å².